The molecule has 0 bridgehead atoms. The Morgan fingerprint density at radius 3 is 2.53 bits per heavy atom. The lowest BCUT2D eigenvalue weighted by Crippen LogP contribution is -2.22. The van der Waals surface area contributed by atoms with E-state index in [2.05, 4.69) is 40.6 Å². The summed E-state index contributed by atoms with van der Waals surface area (Å²) in [7, 11) is -1.21. The Hall–Kier alpha value is -2.37. The SMILES string of the molecule is C[Si](C)(C)CCOCn1cc(Br)c2c(Oc3c(F)cc([N+](=O)[O-])cc3F)ccnc21. The number of nitrogens with zero attached hydrogens (tertiary/aromatic N) is 3. The zero-order chi connectivity index (χ0) is 22.1. The zero-order valence-corrected chi connectivity index (χ0v) is 19.2. The number of ether oxygens (including phenoxy) is 2. The average Bonchev–Trinajstić information content (AvgIpc) is 2.97. The molecule has 0 saturated carbocycles. The molecular weight excluding hydrogens is 480 g/mol. The van der Waals surface area contributed by atoms with Crippen LogP contribution in [0, 0.1) is 21.7 Å². The predicted molar refractivity (Wildman–Crippen MR) is 115 cm³/mol. The summed E-state index contributed by atoms with van der Waals surface area (Å²) in [5.41, 5.74) is -0.185. The fraction of sp³-hybridized carbons (Fsp3) is 0.316. The Bertz CT molecular complexity index is 1080. The van der Waals surface area contributed by atoms with Crippen molar-refractivity contribution in [3.63, 3.8) is 0 Å². The zero-order valence-electron chi connectivity index (χ0n) is 16.6. The van der Waals surface area contributed by atoms with Crippen LogP contribution < -0.4 is 4.74 Å². The first-order chi connectivity index (χ1) is 14.1. The van der Waals surface area contributed by atoms with Crippen molar-refractivity contribution >= 4 is 40.7 Å². The Morgan fingerprint density at radius 2 is 1.93 bits per heavy atom. The Morgan fingerprint density at radius 1 is 1.27 bits per heavy atom. The largest absolute Gasteiger partial charge is 0.450 e. The van der Waals surface area contributed by atoms with Crippen LogP contribution in [0.15, 0.2) is 35.1 Å². The standard InChI is InChI=1S/C19H20BrF2N3O4Si/c1-30(2,3)7-6-28-11-24-10-13(20)17-16(4-5-23-19(17)24)29-18-14(21)8-12(25(26)27)9-15(18)22/h4-5,8-10H,6-7,11H2,1-3H3. The molecule has 0 aliphatic carbocycles. The summed E-state index contributed by atoms with van der Waals surface area (Å²) in [5, 5.41) is 11.3. The molecule has 11 heteroatoms. The molecule has 0 saturated heterocycles. The number of nitro groups is 1. The molecule has 2 aromatic heterocycles. The van der Waals surface area contributed by atoms with Gasteiger partial charge in [0, 0.05) is 31.5 Å². The first kappa shape index (κ1) is 22.3. The van der Waals surface area contributed by atoms with Crippen LogP contribution in [-0.2, 0) is 11.5 Å². The van der Waals surface area contributed by atoms with E-state index in [1.807, 2.05) is 0 Å². The van der Waals surface area contributed by atoms with Crippen LogP contribution in [0.5, 0.6) is 11.5 Å². The van der Waals surface area contributed by atoms with Gasteiger partial charge in [0.05, 0.1) is 22.4 Å². The molecule has 7 nitrogen and oxygen atoms in total. The number of hydrogen-bond donors (Lipinski definition) is 0. The molecule has 0 N–H and O–H groups in total. The summed E-state index contributed by atoms with van der Waals surface area (Å²) in [4.78, 5) is 14.2. The number of fused-ring (bicyclic) bond motifs is 1. The van der Waals surface area contributed by atoms with Crippen LogP contribution in [0.4, 0.5) is 14.5 Å². The maximum absolute atomic E-state index is 14.2. The van der Waals surface area contributed by atoms with E-state index in [9.17, 15) is 18.9 Å². The molecule has 3 aromatic rings. The number of halogens is 3. The lowest BCUT2D eigenvalue weighted by Gasteiger charge is -2.15. The molecule has 0 radical (unpaired) electrons. The van der Waals surface area contributed by atoms with Gasteiger partial charge in [-0.15, -0.1) is 0 Å². The van der Waals surface area contributed by atoms with E-state index in [0.717, 1.165) is 6.04 Å². The summed E-state index contributed by atoms with van der Waals surface area (Å²) in [6, 6.07) is 3.71. The van der Waals surface area contributed by atoms with Gasteiger partial charge in [-0.05, 0) is 28.0 Å². The lowest BCUT2D eigenvalue weighted by atomic mass is 10.2. The van der Waals surface area contributed by atoms with Crippen molar-refractivity contribution in [1.82, 2.24) is 9.55 Å². The van der Waals surface area contributed by atoms with Crippen molar-refractivity contribution in [2.75, 3.05) is 6.61 Å². The maximum atomic E-state index is 14.2. The topological polar surface area (TPSA) is 79.4 Å². The first-order valence-electron chi connectivity index (χ1n) is 9.09. The number of nitro benzene ring substituents is 1. The summed E-state index contributed by atoms with van der Waals surface area (Å²) in [5.74, 6) is -2.91. The fourth-order valence-electron chi connectivity index (χ4n) is 2.72. The number of pyridine rings is 1. The van der Waals surface area contributed by atoms with Crippen molar-refractivity contribution in [2.24, 2.45) is 0 Å². The molecule has 0 aliphatic heterocycles. The van der Waals surface area contributed by atoms with Crippen molar-refractivity contribution in [3.05, 3.63) is 56.8 Å². The summed E-state index contributed by atoms with van der Waals surface area (Å²) in [6.45, 7) is 7.69. The molecule has 1 aromatic carbocycles. The van der Waals surface area contributed by atoms with Gasteiger partial charge >= 0.3 is 0 Å². The first-order valence-corrected chi connectivity index (χ1v) is 13.6. The molecule has 30 heavy (non-hydrogen) atoms. The second kappa shape index (κ2) is 8.78. The van der Waals surface area contributed by atoms with Gasteiger partial charge in [0.2, 0.25) is 0 Å². The van der Waals surface area contributed by atoms with Crippen molar-refractivity contribution in [3.8, 4) is 11.5 Å². The highest BCUT2D eigenvalue weighted by atomic mass is 79.9. The van der Waals surface area contributed by atoms with Crippen LogP contribution >= 0.6 is 15.9 Å². The molecule has 3 rings (SSSR count). The molecule has 0 aliphatic rings. The highest BCUT2D eigenvalue weighted by Gasteiger charge is 2.21. The number of aromatic nitrogens is 2. The van der Waals surface area contributed by atoms with E-state index in [0.29, 0.717) is 34.2 Å². The minimum Gasteiger partial charge on any atom is -0.450 e. The van der Waals surface area contributed by atoms with E-state index in [-0.39, 0.29) is 12.5 Å². The maximum Gasteiger partial charge on any atom is 0.275 e. The summed E-state index contributed by atoms with van der Waals surface area (Å²) >= 11 is 3.42. The van der Waals surface area contributed by atoms with Crippen LogP contribution in [0.3, 0.4) is 0 Å². The molecule has 0 atom stereocenters. The number of benzene rings is 1. The van der Waals surface area contributed by atoms with Crippen molar-refractivity contribution in [1.29, 1.82) is 0 Å². The monoisotopic (exact) mass is 499 g/mol. The van der Waals surface area contributed by atoms with Gasteiger partial charge in [0.15, 0.2) is 17.4 Å². The molecule has 0 spiro atoms. The van der Waals surface area contributed by atoms with Gasteiger partial charge in [-0.3, -0.25) is 10.1 Å². The predicted octanol–water partition coefficient (Wildman–Crippen LogP) is 6.09. The minimum absolute atomic E-state index is 0.152. The second-order valence-corrected chi connectivity index (χ2v) is 14.4. The normalized spacial score (nSPS) is 11.8. The second-order valence-electron chi connectivity index (χ2n) is 7.90. The highest BCUT2D eigenvalue weighted by molar-refractivity contribution is 9.10. The minimum atomic E-state index is -1.21. The Balaban J connectivity index is 1.88. The summed E-state index contributed by atoms with van der Waals surface area (Å²) < 4.78 is 42.1. The molecular formula is C19H20BrF2N3O4Si. The molecule has 0 amide bonds. The third kappa shape index (κ3) is 5.02. The van der Waals surface area contributed by atoms with Crippen LogP contribution in [-0.4, -0.2) is 29.2 Å². The van der Waals surface area contributed by atoms with Gasteiger partial charge < -0.3 is 14.0 Å². The molecule has 2 heterocycles. The van der Waals surface area contributed by atoms with Crippen LogP contribution in [0.1, 0.15) is 0 Å². The Labute approximate surface area is 180 Å². The molecule has 160 valence electrons. The van der Waals surface area contributed by atoms with E-state index < -0.39 is 36.1 Å². The number of hydrogen-bond acceptors (Lipinski definition) is 5. The average molecular weight is 500 g/mol. The van der Waals surface area contributed by atoms with Gasteiger partial charge in [0.25, 0.3) is 5.69 Å². The van der Waals surface area contributed by atoms with Gasteiger partial charge in [-0.2, -0.15) is 0 Å². The van der Waals surface area contributed by atoms with E-state index in [1.165, 1.54) is 12.3 Å². The van der Waals surface area contributed by atoms with Crippen LogP contribution in [0.25, 0.3) is 11.0 Å². The van der Waals surface area contributed by atoms with E-state index in [1.54, 1.807) is 10.8 Å². The van der Waals surface area contributed by atoms with Crippen LogP contribution in [0.2, 0.25) is 25.7 Å². The third-order valence-electron chi connectivity index (χ3n) is 4.31. The quantitative estimate of drug-likeness (QED) is 0.162. The smallest absolute Gasteiger partial charge is 0.275 e. The van der Waals surface area contributed by atoms with Gasteiger partial charge in [-0.1, -0.05) is 19.6 Å². The molecule has 0 unspecified atom stereocenters. The fourth-order valence-corrected chi connectivity index (χ4v) is 4.10. The lowest BCUT2D eigenvalue weighted by molar-refractivity contribution is -0.385. The number of rotatable bonds is 8. The Kier molecular flexibility index (Phi) is 6.53. The van der Waals surface area contributed by atoms with Gasteiger partial charge in [0.1, 0.15) is 18.1 Å². The van der Waals surface area contributed by atoms with E-state index >= 15 is 0 Å². The van der Waals surface area contributed by atoms with Crippen molar-refractivity contribution in [2.45, 2.75) is 32.4 Å². The molecule has 0 fully saturated rings. The summed E-state index contributed by atoms with van der Waals surface area (Å²) in [6.07, 6.45) is 3.20. The van der Waals surface area contributed by atoms with Gasteiger partial charge in [-0.25, -0.2) is 13.8 Å². The van der Waals surface area contributed by atoms with Crippen molar-refractivity contribution < 1.29 is 23.2 Å². The third-order valence-corrected chi connectivity index (χ3v) is 6.61. The highest BCUT2D eigenvalue weighted by Crippen LogP contribution is 2.38. The van der Waals surface area contributed by atoms with E-state index in [4.69, 9.17) is 9.47 Å². The number of non-ortho nitro benzene ring substituents is 1.